The number of hydrogen-bond donors (Lipinski definition) is 0. The molecule has 1 rings (SSSR count). The molecule has 0 saturated heterocycles. The van der Waals surface area contributed by atoms with E-state index in [2.05, 4.69) is 9.89 Å². The highest BCUT2D eigenvalue weighted by Gasteiger charge is 2.19. The van der Waals surface area contributed by atoms with E-state index in [4.69, 9.17) is 14.0 Å². The second-order valence-corrected chi connectivity index (χ2v) is 5.27. The first kappa shape index (κ1) is 16.8. The molecule has 0 atom stereocenters. The Morgan fingerprint density at radius 2 is 2.05 bits per heavy atom. The second-order valence-electron chi connectivity index (χ2n) is 5.27. The summed E-state index contributed by atoms with van der Waals surface area (Å²) in [6.07, 6.45) is -0.443. The van der Waals surface area contributed by atoms with E-state index >= 15 is 0 Å². The van der Waals surface area contributed by atoms with Crippen LogP contribution >= 0.6 is 0 Å². The molecule has 0 fully saturated rings. The first-order chi connectivity index (χ1) is 9.73. The zero-order chi connectivity index (χ0) is 16.0. The summed E-state index contributed by atoms with van der Waals surface area (Å²) < 4.78 is 19.7. The van der Waals surface area contributed by atoms with Gasteiger partial charge < -0.3 is 23.6 Å². The molecule has 1 aromatic rings. The summed E-state index contributed by atoms with van der Waals surface area (Å²) in [6, 6.07) is 1.32. The number of rotatable bonds is 5. The zero-order valence-corrected chi connectivity index (χ0v) is 12.8. The highest BCUT2D eigenvalue weighted by Crippen LogP contribution is 2.12. The van der Waals surface area contributed by atoms with Crippen LogP contribution in [0.3, 0.4) is 0 Å². The van der Waals surface area contributed by atoms with E-state index in [-0.39, 0.29) is 18.2 Å². The second kappa shape index (κ2) is 6.96. The van der Waals surface area contributed by atoms with Crippen LogP contribution in [0.1, 0.15) is 31.3 Å². The number of amides is 1. The predicted octanol–water partition coefficient (Wildman–Crippen LogP) is 1.71. The van der Waals surface area contributed by atoms with Gasteiger partial charge in [0.25, 0.3) is 5.88 Å². The lowest BCUT2D eigenvalue weighted by molar-refractivity contribution is 0.0276. The SMILES string of the molecule is COC(=O)c1cc(OCCN(C)C(=O)OC(C)(C)C)no1. The van der Waals surface area contributed by atoms with Gasteiger partial charge in [-0.1, -0.05) is 0 Å². The van der Waals surface area contributed by atoms with Crippen molar-refractivity contribution in [2.75, 3.05) is 27.3 Å². The fourth-order valence-electron chi connectivity index (χ4n) is 1.24. The van der Waals surface area contributed by atoms with E-state index < -0.39 is 17.7 Å². The molecular formula is C13H20N2O6. The van der Waals surface area contributed by atoms with E-state index in [0.717, 1.165) is 0 Å². The van der Waals surface area contributed by atoms with Crippen LogP contribution in [0.25, 0.3) is 0 Å². The number of carbonyl (C=O) groups is 2. The van der Waals surface area contributed by atoms with Crippen molar-refractivity contribution in [2.45, 2.75) is 26.4 Å². The predicted molar refractivity (Wildman–Crippen MR) is 72.2 cm³/mol. The maximum atomic E-state index is 11.7. The van der Waals surface area contributed by atoms with Crippen molar-refractivity contribution in [1.82, 2.24) is 10.1 Å². The lowest BCUT2D eigenvalue weighted by Crippen LogP contribution is -2.36. The molecule has 0 aliphatic heterocycles. The normalized spacial score (nSPS) is 10.9. The Morgan fingerprint density at radius 3 is 2.62 bits per heavy atom. The summed E-state index contributed by atoms with van der Waals surface area (Å²) in [7, 11) is 2.83. The number of likely N-dealkylation sites (N-methyl/N-ethyl adjacent to an activating group) is 1. The minimum atomic E-state index is -0.636. The van der Waals surface area contributed by atoms with Gasteiger partial charge in [0.1, 0.15) is 12.2 Å². The summed E-state index contributed by atoms with van der Waals surface area (Å²) in [4.78, 5) is 24.2. The molecule has 0 radical (unpaired) electrons. The van der Waals surface area contributed by atoms with E-state index in [1.54, 1.807) is 27.8 Å². The van der Waals surface area contributed by atoms with Crippen LogP contribution in [0.5, 0.6) is 5.88 Å². The Labute approximate surface area is 122 Å². The lowest BCUT2D eigenvalue weighted by atomic mass is 10.2. The molecule has 1 amide bonds. The van der Waals surface area contributed by atoms with Crippen LogP contribution in [0.4, 0.5) is 4.79 Å². The standard InChI is InChI=1S/C13H20N2O6/c1-13(2,3)20-12(17)15(4)6-7-19-10-8-9(21-14-10)11(16)18-5/h8H,6-7H2,1-5H3. The molecule has 0 aromatic carbocycles. The molecular weight excluding hydrogens is 280 g/mol. The molecule has 0 N–H and O–H groups in total. The van der Waals surface area contributed by atoms with Crippen molar-refractivity contribution >= 4 is 12.1 Å². The van der Waals surface area contributed by atoms with E-state index in [1.165, 1.54) is 18.1 Å². The minimum absolute atomic E-state index is 0.0482. The lowest BCUT2D eigenvalue weighted by Gasteiger charge is -2.24. The molecule has 8 heteroatoms. The Morgan fingerprint density at radius 1 is 1.38 bits per heavy atom. The molecule has 118 valence electrons. The third-order valence-electron chi connectivity index (χ3n) is 2.26. The Hall–Kier alpha value is -2.25. The molecule has 0 bridgehead atoms. The van der Waals surface area contributed by atoms with E-state index in [0.29, 0.717) is 6.54 Å². The van der Waals surface area contributed by atoms with Gasteiger partial charge in [-0.3, -0.25) is 0 Å². The highest BCUT2D eigenvalue weighted by atomic mass is 16.6. The molecule has 8 nitrogen and oxygen atoms in total. The zero-order valence-electron chi connectivity index (χ0n) is 12.8. The molecule has 0 spiro atoms. The van der Waals surface area contributed by atoms with Crippen LogP contribution in [0, 0.1) is 0 Å². The first-order valence-corrected chi connectivity index (χ1v) is 6.35. The smallest absolute Gasteiger partial charge is 0.410 e. The van der Waals surface area contributed by atoms with Crippen molar-refractivity contribution in [2.24, 2.45) is 0 Å². The number of aromatic nitrogens is 1. The topological polar surface area (TPSA) is 91.1 Å². The number of esters is 1. The number of methoxy groups -OCH3 is 1. The van der Waals surface area contributed by atoms with Gasteiger partial charge in [0, 0.05) is 7.05 Å². The fraction of sp³-hybridized carbons (Fsp3) is 0.615. The van der Waals surface area contributed by atoms with Crippen LogP contribution in [0.2, 0.25) is 0 Å². The van der Waals surface area contributed by atoms with Crippen molar-refractivity contribution in [3.8, 4) is 5.88 Å². The maximum absolute atomic E-state index is 11.7. The summed E-state index contributed by atoms with van der Waals surface area (Å²) >= 11 is 0. The fourth-order valence-corrected chi connectivity index (χ4v) is 1.24. The van der Waals surface area contributed by atoms with Crippen molar-refractivity contribution in [3.63, 3.8) is 0 Å². The summed E-state index contributed by atoms with van der Waals surface area (Å²) in [5, 5.41) is 3.55. The Bertz CT molecular complexity index is 491. The van der Waals surface area contributed by atoms with Gasteiger partial charge in [-0.25, -0.2) is 9.59 Å². The summed E-state index contributed by atoms with van der Waals surface area (Å²) in [6.45, 7) is 5.86. The van der Waals surface area contributed by atoms with Crippen LogP contribution < -0.4 is 4.74 Å². The van der Waals surface area contributed by atoms with Crippen LogP contribution in [-0.4, -0.2) is 55.0 Å². The minimum Gasteiger partial charge on any atom is -0.474 e. The average molecular weight is 300 g/mol. The summed E-state index contributed by atoms with van der Waals surface area (Å²) in [5.41, 5.74) is -0.548. The number of carbonyl (C=O) groups excluding carboxylic acids is 2. The number of ether oxygens (including phenoxy) is 3. The van der Waals surface area contributed by atoms with Gasteiger partial charge in [-0.05, 0) is 25.9 Å². The third-order valence-corrected chi connectivity index (χ3v) is 2.26. The van der Waals surface area contributed by atoms with Crippen molar-refractivity contribution < 1.29 is 28.3 Å². The molecule has 1 aromatic heterocycles. The van der Waals surface area contributed by atoms with E-state index in [9.17, 15) is 9.59 Å². The van der Waals surface area contributed by atoms with Gasteiger partial charge in [-0.2, -0.15) is 0 Å². The molecule has 0 aliphatic rings. The van der Waals surface area contributed by atoms with Crippen LogP contribution in [0.15, 0.2) is 10.6 Å². The maximum Gasteiger partial charge on any atom is 0.410 e. The number of hydrogen-bond acceptors (Lipinski definition) is 7. The van der Waals surface area contributed by atoms with Crippen molar-refractivity contribution in [3.05, 3.63) is 11.8 Å². The molecule has 0 unspecified atom stereocenters. The molecule has 0 aliphatic carbocycles. The quantitative estimate of drug-likeness (QED) is 0.764. The van der Waals surface area contributed by atoms with Crippen LogP contribution in [-0.2, 0) is 9.47 Å². The third kappa shape index (κ3) is 5.72. The highest BCUT2D eigenvalue weighted by molar-refractivity contribution is 5.86. The largest absolute Gasteiger partial charge is 0.474 e. The molecule has 1 heterocycles. The average Bonchev–Trinajstić information content (AvgIpc) is 2.84. The Kier molecular flexibility index (Phi) is 5.57. The molecule has 21 heavy (non-hydrogen) atoms. The van der Waals surface area contributed by atoms with Gasteiger partial charge >= 0.3 is 12.1 Å². The van der Waals surface area contributed by atoms with E-state index in [1.807, 2.05) is 0 Å². The Balaban J connectivity index is 2.38. The van der Waals surface area contributed by atoms with Gasteiger partial charge in [0.15, 0.2) is 0 Å². The monoisotopic (exact) mass is 300 g/mol. The summed E-state index contributed by atoms with van der Waals surface area (Å²) in [5.74, 6) is -0.538. The number of nitrogens with zero attached hydrogens (tertiary/aromatic N) is 2. The molecule has 0 saturated carbocycles. The first-order valence-electron chi connectivity index (χ1n) is 6.35. The van der Waals surface area contributed by atoms with Crippen molar-refractivity contribution in [1.29, 1.82) is 0 Å². The van der Waals surface area contributed by atoms with Gasteiger partial charge in [0.05, 0.1) is 19.7 Å². The van der Waals surface area contributed by atoms with Gasteiger partial charge in [-0.15, -0.1) is 0 Å². The van der Waals surface area contributed by atoms with Gasteiger partial charge in [0.2, 0.25) is 5.76 Å².